The van der Waals surface area contributed by atoms with Gasteiger partial charge in [-0.3, -0.25) is 9.78 Å². The minimum absolute atomic E-state index is 0.122. The number of nitrogens with zero attached hydrogens (tertiary/aromatic N) is 3. The first kappa shape index (κ1) is 14.3. The Bertz CT molecular complexity index is 706. The summed E-state index contributed by atoms with van der Waals surface area (Å²) in [5, 5.41) is 6.32. The number of pyridine rings is 1. The van der Waals surface area contributed by atoms with E-state index >= 15 is 0 Å². The molecule has 0 saturated carbocycles. The van der Waals surface area contributed by atoms with Gasteiger partial charge in [0.2, 0.25) is 5.88 Å². The molecule has 8 nitrogen and oxygen atoms in total. The van der Waals surface area contributed by atoms with E-state index in [2.05, 4.69) is 20.2 Å². The SMILES string of the molecule is COc1ccc(C(=O)N2CCCC[C@H]2c2n[nH]c(=O)[nH]2)cn1. The van der Waals surface area contributed by atoms with Crippen LogP contribution in [0.2, 0.25) is 0 Å². The number of piperidine rings is 1. The van der Waals surface area contributed by atoms with Crippen LogP contribution in [0.5, 0.6) is 5.88 Å². The summed E-state index contributed by atoms with van der Waals surface area (Å²) in [4.78, 5) is 32.4. The van der Waals surface area contributed by atoms with Gasteiger partial charge in [0.05, 0.1) is 18.7 Å². The van der Waals surface area contributed by atoms with Crippen LogP contribution in [0.15, 0.2) is 23.1 Å². The fourth-order valence-electron chi connectivity index (χ4n) is 2.69. The normalized spacial score (nSPS) is 18.2. The Morgan fingerprint density at radius 2 is 2.27 bits per heavy atom. The van der Waals surface area contributed by atoms with Crippen molar-refractivity contribution >= 4 is 5.91 Å². The van der Waals surface area contributed by atoms with Crippen LogP contribution in [0.25, 0.3) is 0 Å². The Morgan fingerprint density at radius 1 is 1.41 bits per heavy atom. The van der Waals surface area contributed by atoms with Gasteiger partial charge in [-0.1, -0.05) is 0 Å². The number of amides is 1. The van der Waals surface area contributed by atoms with Gasteiger partial charge in [0, 0.05) is 18.8 Å². The first-order valence-electron chi connectivity index (χ1n) is 7.14. The monoisotopic (exact) mass is 303 g/mol. The third-order valence-corrected chi connectivity index (χ3v) is 3.79. The molecule has 0 spiro atoms. The maximum Gasteiger partial charge on any atom is 0.340 e. The van der Waals surface area contributed by atoms with Crippen molar-refractivity contribution in [2.45, 2.75) is 25.3 Å². The third-order valence-electron chi connectivity index (χ3n) is 3.79. The lowest BCUT2D eigenvalue weighted by atomic mass is 10.0. The second-order valence-electron chi connectivity index (χ2n) is 5.16. The third kappa shape index (κ3) is 2.72. The molecule has 22 heavy (non-hydrogen) atoms. The van der Waals surface area contributed by atoms with Crippen molar-refractivity contribution in [3.8, 4) is 5.88 Å². The lowest BCUT2D eigenvalue weighted by Gasteiger charge is -2.34. The first-order valence-corrected chi connectivity index (χ1v) is 7.14. The number of methoxy groups -OCH3 is 1. The number of rotatable bonds is 3. The quantitative estimate of drug-likeness (QED) is 0.875. The largest absolute Gasteiger partial charge is 0.481 e. The maximum atomic E-state index is 12.7. The van der Waals surface area contributed by atoms with Crippen molar-refractivity contribution in [3.63, 3.8) is 0 Å². The van der Waals surface area contributed by atoms with Crippen molar-refractivity contribution in [2.75, 3.05) is 13.7 Å². The highest BCUT2D eigenvalue weighted by Crippen LogP contribution is 2.29. The van der Waals surface area contributed by atoms with Crippen molar-refractivity contribution in [1.82, 2.24) is 25.1 Å². The van der Waals surface area contributed by atoms with Gasteiger partial charge in [0.25, 0.3) is 5.91 Å². The zero-order valence-corrected chi connectivity index (χ0v) is 12.2. The predicted molar refractivity (Wildman–Crippen MR) is 77.6 cm³/mol. The number of nitrogens with one attached hydrogen (secondary N) is 2. The Morgan fingerprint density at radius 3 is 2.91 bits per heavy atom. The minimum atomic E-state index is -0.362. The van der Waals surface area contributed by atoms with Gasteiger partial charge in [-0.25, -0.2) is 14.9 Å². The molecule has 3 rings (SSSR count). The van der Waals surface area contributed by atoms with Gasteiger partial charge in [0.15, 0.2) is 5.82 Å². The van der Waals surface area contributed by atoms with Gasteiger partial charge in [-0.2, -0.15) is 5.10 Å². The minimum Gasteiger partial charge on any atom is -0.481 e. The molecule has 0 aromatic carbocycles. The molecule has 2 N–H and O–H groups in total. The first-order chi connectivity index (χ1) is 10.7. The highest BCUT2D eigenvalue weighted by atomic mass is 16.5. The molecular formula is C14H17N5O3. The van der Waals surface area contributed by atoms with Gasteiger partial charge in [0.1, 0.15) is 0 Å². The topological polar surface area (TPSA) is 104 Å². The number of hydrogen-bond donors (Lipinski definition) is 2. The van der Waals surface area contributed by atoms with Crippen molar-refractivity contribution < 1.29 is 9.53 Å². The molecule has 2 aromatic rings. The predicted octanol–water partition coefficient (Wildman–Crippen LogP) is 0.869. The number of ether oxygens (including phenoxy) is 1. The molecule has 8 heteroatoms. The van der Waals surface area contributed by atoms with Crippen LogP contribution in [0, 0.1) is 0 Å². The van der Waals surface area contributed by atoms with Crippen LogP contribution in [0.3, 0.4) is 0 Å². The van der Waals surface area contributed by atoms with E-state index < -0.39 is 0 Å². The van der Waals surface area contributed by atoms with Crippen molar-refractivity contribution in [2.24, 2.45) is 0 Å². The number of likely N-dealkylation sites (tertiary alicyclic amines) is 1. The number of H-pyrrole nitrogens is 2. The summed E-state index contributed by atoms with van der Waals surface area (Å²) in [6.07, 6.45) is 4.20. The van der Waals surface area contributed by atoms with Crippen LogP contribution < -0.4 is 10.4 Å². The Kier molecular flexibility index (Phi) is 3.90. The molecule has 0 radical (unpaired) electrons. The second kappa shape index (κ2) is 6.00. The molecule has 1 aliphatic rings. The van der Waals surface area contributed by atoms with Crippen LogP contribution in [0.1, 0.15) is 41.5 Å². The second-order valence-corrected chi connectivity index (χ2v) is 5.16. The van der Waals surface area contributed by atoms with E-state index in [0.29, 0.717) is 23.8 Å². The standard InChI is InChI=1S/C14H17N5O3/c1-22-11-6-5-9(8-15-11)13(20)19-7-3-2-4-10(19)12-16-14(21)18-17-12/h5-6,8,10H,2-4,7H2,1H3,(H2,16,17,18,21)/t10-/m0/s1. The van der Waals surface area contributed by atoms with Gasteiger partial charge >= 0.3 is 5.69 Å². The van der Waals surface area contributed by atoms with E-state index in [-0.39, 0.29) is 17.6 Å². The van der Waals surface area contributed by atoms with Crippen molar-refractivity contribution in [1.29, 1.82) is 0 Å². The Hall–Kier alpha value is -2.64. The van der Waals surface area contributed by atoms with Crippen LogP contribution >= 0.6 is 0 Å². The maximum absolute atomic E-state index is 12.7. The number of carbonyl (C=O) groups excluding carboxylic acids is 1. The molecule has 0 bridgehead atoms. The Balaban J connectivity index is 1.86. The van der Waals surface area contributed by atoms with E-state index in [9.17, 15) is 9.59 Å². The fourth-order valence-corrected chi connectivity index (χ4v) is 2.69. The summed E-state index contributed by atoms with van der Waals surface area (Å²) in [7, 11) is 1.53. The molecule has 116 valence electrons. The van der Waals surface area contributed by atoms with E-state index in [1.165, 1.54) is 13.3 Å². The Labute approximate surface area is 126 Å². The van der Waals surface area contributed by atoms with Gasteiger partial charge in [-0.05, 0) is 25.3 Å². The molecule has 1 amide bonds. The number of aromatic nitrogens is 4. The van der Waals surface area contributed by atoms with Gasteiger partial charge in [-0.15, -0.1) is 0 Å². The van der Waals surface area contributed by atoms with E-state index in [4.69, 9.17) is 4.74 Å². The molecule has 3 heterocycles. The van der Waals surface area contributed by atoms with Crippen molar-refractivity contribution in [3.05, 3.63) is 40.2 Å². The summed E-state index contributed by atoms with van der Waals surface area (Å²) in [5.41, 5.74) is 0.129. The molecule has 1 saturated heterocycles. The van der Waals surface area contributed by atoms with Gasteiger partial charge < -0.3 is 9.64 Å². The van der Waals surface area contributed by atoms with Crippen LogP contribution in [0.4, 0.5) is 0 Å². The van der Waals surface area contributed by atoms with Crippen LogP contribution in [-0.2, 0) is 0 Å². The summed E-state index contributed by atoms with van der Waals surface area (Å²) in [6.45, 7) is 0.629. The lowest BCUT2D eigenvalue weighted by molar-refractivity contribution is 0.0600. The van der Waals surface area contributed by atoms with E-state index in [1.807, 2.05) is 0 Å². The van der Waals surface area contributed by atoms with Crippen LogP contribution in [-0.4, -0.2) is 44.6 Å². The molecule has 0 aliphatic carbocycles. The molecule has 1 atom stereocenters. The smallest absolute Gasteiger partial charge is 0.340 e. The summed E-state index contributed by atoms with van der Waals surface area (Å²) in [6, 6.07) is 3.12. The molecule has 0 unspecified atom stereocenters. The lowest BCUT2D eigenvalue weighted by Crippen LogP contribution is -2.39. The highest BCUT2D eigenvalue weighted by molar-refractivity contribution is 5.94. The molecular weight excluding hydrogens is 286 g/mol. The van der Waals surface area contributed by atoms with E-state index in [1.54, 1.807) is 17.0 Å². The number of hydrogen-bond acceptors (Lipinski definition) is 5. The average molecular weight is 303 g/mol. The average Bonchev–Trinajstić information content (AvgIpc) is 3.00. The summed E-state index contributed by atoms with van der Waals surface area (Å²) < 4.78 is 5.00. The van der Waals surface area contributed by atoms with E-state index in [0.717, 1.165) is 19.3 Å². The summed E-state index contributed by atoms with van der Waals surface area (Å²) >= 11 is 0. The zero-order chi connectivity index (χ0) is 15.5. The zero-order valence-electron chi connectivity index (χ0n) is 12.2. The number of aromatic amines is 2. The summed E-state index contributed by atoms with van der Waals surface area (Å²) in [5.74, 6) is 0.839. The molecule has 1 fully saturated rings. The fraction of sp³-hybridized carbons (Fsp3) is 0.429. The highest BCUT2D eigenvalue weighted by Gasteiger charge is 2.31. The number of carbonyl (C=O) groups is 1. The molecule has 1 aliphatic heterocycles. The molecule has 2 aromatic heterocycles.